The van der Waals surface area contributed by atoms with Crippen LogP contribution in [0.4, 0.5) is 10.1 Å². The number of piperazine rings is 1. The third-order valence-electron chi connectivity index (χ3n) is 7.15. The van der Waals surface area contributed by atoms with Crippen LogP contribution in [0.3, 0.4) is 0 Å². The van der Waals surface area contributed by atoms with Crippen LogP contribution in [0.1, 0.15) is 18.4 Å². The molecule has 2 aromatic carbocycles. The first-order chi connectivity index (χ1) is 16.0. The van der Waals surface area contributed by atoms with E-state index in [1.54, 1.807) is 6.07 Å². The Morgan fingerprint density at radius 2 is 1.76 bits per heavy atom. The summed E-state index contributed by atoms with van der Waals surface area (Å²) in [5.41, 5.74) is 3.10. The number of likely N-dealkylation sites (tertiary alicyclic amines) is 1. The van der Waals surface area contributed by atoms with E-state index < -0.39 is 0 Å². The number of para-hydroxylation sites is 1. The van der Waals surface area contributed by atoms with Gasteiger partial charge in [-0.05, 0) is 61.8 Å². The lowest BCUT2D eigenvalue weighted by molar-refractivity contribution is -0.137. The van der Waals surface area contributed by atoms with Gasteiger partial charge < -0.3 is 14.4 Å². The molecule has 0 aliphatic carbocycles. The summed E-state index contributed by atoms with van der Waals surface area (Å²) in [6, 6.07) is 12.9. The highest BCUT2D eigenvalue weighted by Gasteiger charge is 2.31. The second-order valence-electron chi connectivity index (χ2n) is 9.24. The summed E-state index contributed by atoms with van der Waals surface area (Å²) >= 11 is 6.24. The molecule has 1 aromatic heterocycles. The Hall–Kier alpha value is -2.57. The van der Waals surface area contributed by atoms with Gasteiger partial charge in [-0.2, -0.15) is 0 Å². The monoisotopic (exact) mass is 468 g/mol. The van der Waals surface area contributed by atoms with Crippen LogP contribution in [-0.4, -0.2) is 59.5 Å². The number of piperidine rings is 1. The maximum atomic E-state index is 14.1. The lowest BCUT2D eigenvalue weighted by Gasteiger charge is -2.39. The van der Waals surface area contributed by atoms with Gasteiger partial charge >= 0.3 is 0 Å². The average molecular weight is 469 g/mol. The molecule has 3 aromatic rings. The minimum atomic E-state index is -0.196. The predicted octanol–water partition coefficient (Wildman–Crippen LogP) is 4.53. The molecule has 2 fully saturated rings. The van der Waals surface area contributed by atoms with E-state index in [9.17, 15) is 9.18 Å². The van der Waals surface area contributed by atoms with Crippen LogP contribution in [0.5, 0.6) is 0 Å². The number of aromatic nitrogens is 1. The molecule has 33 heavy (non-hydrogen) atoms. The van der Waals surface area contributed by atoms with Gasteiger partial charge in [0.05, 0.1) is 5.69 Å². The fourth-order valence-corrected chi connectivity index (χ4v) is 5.46. The molecule has 0 N–H and O–H groups in total. The fourth-order valence-electron chi connectivity index (χ4n) is 5.28. The number of hydrogen-bond acceptors (Lipinski definition) is 3. The normalized spacial score (nSPS) is 18.3. The molecule has 5 nitrogen and oxygen atoms in total. The molecule has 1 amide bonds. The Labute approximate surface area is 199 Å². The molecule has 0 atom stereocenters. The van der Waals surface area contributed by atoms with Crippen LogP contribution in [0, 0.1) is 11.7 Å². The number of nitrogens with zero attached hydrogens (tertiary/aromatic N) is 4. The first kappa shape index (κ1) is 22.2. The molecule has 7 heteroatoms. The zero-order valence-electron chi connectivity index (χ0n) is 19.0. The standard InChI is InChI=1S/C26H30ClFN4O/c1-29-17-20(22-16-21(27)6-7-24(22)29)18-30-10-8-19(9-11-30)26(33)32-14-12-31(13-15-32)25-5-3-2-4-23(25)28/h2-7,16-17,19H,8-15,18H2,1H3. The molecule has 2 saturated heterocycles. The van der Waals surface area contributed by atoms with Gasteiger partial charge in [-0.1, -0.05) is 23.7 Å². The Balaban J connectivity index is 1.15. The number of carbonyl (C=O) groups excluding carboxylic acids is 1. The Bertz CT molecular complexity index is 1150. The zero-order chi connectivity index (χ0) is 22.9. The van der Waals surface area contributed by atoms with E-state index >= 15 is 0 Å². The molecule has 3 heterocycles. The molecule has 0 saturated carbocycles. The summed E-state index contributed by atoms with van der Waals surface area (Å²) in [5.74, 6) is 0.154. The van der Waals surface area contributed by atoms with Crippen LogP contribution in [0.15, 0.2) is 48.7 Å². The molecule has 5 rings (SSSR count). The second-order valence-corrected chi connectivity index (χ2v) is 9.68. The fraction of sp³-hybridized carbons (Fsp3) is 0.423. The maximum Gasteiger partial charge on any atom is 0.225 e. The number of anilines is 1. The minimum absolute atomic E-state index is 0.0863. The Kier molecular flexibility index (Phi) is 6.30. The molecule has 0 radical (unpaired) electrons. The van der Waals surface area contributed by atoms with Gasteiger partial charge in [0.15, 0.2) is 0 Å². The van der Waals surface area contributed by atoms with Gasteiger partial charge in [0.25, 0.3) is 0 Å². The van der Waals surface area contributed by atoms with E-state index in [-0.39, 0.29) is 17.6 Å². The molecule has 174 valence electrons. The van der Waals surface area contributed by atoms with Crippen LogP contribution in [0.2, 0.25) is 5.02 Å². The van der Waals surface area contributed by atoms with Crippen molar-refractivity contribution >= 4 is 34.1 Å². The molecule has 0 unspecified atom stereocenters. The number of benzene rings is 2. The Morgan fingerprint density at radius 1 is 1.03 bits per heavy atom. The summed E-state index contributed by atoms with van der Waals surface area (Å²) in [4.78, 5) is 19.6. The van der Waals surface area contributed by atoms with Gasteiger partial charge in [0.2, 0.25) is 5.91 Å². The maximum absolute atomic E-state index is 14.1. The zero-order valence-corrected chi connectivity index (χ0v) is 19.8. The van der Waals surface area contributed by atoms with Gasteiger partial charge in [-0.25, -0.2) is 4.39 Å². The highest BCUT2D eigenvalue weighted by atomic mass is 35.5. The van der Waals surface area contributed by atoms with Crippen molar-refractivity contribution in [1.82, 2.24) is 14.4 Å². The summed E-state index contributed by atoms with van der Waals surface area (Å²) in [6.07, 6.45) is 3.96. The smallest absolute Gasteiger partial charge is 0.225 e. The highest BCUT2D eigenvalue weighted by molar-refractivity contribution is 6.31. The van der Waals surface area contributed by atoms with Crippen LogP contribution in [0.25, 0.3) is 10.9 Å². The van der Waals surface area contributed by atoms with E-state index in [0.717, 1.165) is 37.5 Å². The van der Waals surface area contributed by atoms with Crippen molar-refractivity contribution in [3.05, 3.63) is 65.1 Å². The van der Waals surface area contributed by atoms with E-state index in [4.69, 9.17) is 11.6 Å². The van der Waals surface area contributed by atoms with Gasteiger partial charge in [-0.15, -0.1) is 0 Å². The number of carbonyl (C=O) groups is 1. The largest absolute Gasteiger partial charge is 0.366 e. The predicted molar refractivity (Wildman–Crippen MR) is 131 cm³/mol. The number of rotatable bonds is 4. The topological polar surface area (TPSA) is 31.7 Å². The second kappa shape index (κ2) is 9.35. The summed E-state index contributed by atoms with van der Waals surface area (Å²) in [7, 11) is 2.07. The van der Waals surface area contributed by atoms with Crippen LogP contribution in [-0.2, 0) is 18.4 Å². The van der Waals surface area contributed by atoms with E-state index in [1.807, 2.05) is 34.1 Å². The number of amides is 1. The van der Waals surface area contributed by atoms with Crippen molar-refractivity contribution in [3.8, 4) is 0 Å². The van der Waals surface area contributed by atoms with E-state index in [1.165, 1.54) is 22.5 Å². The lowest BCUT2D eigenvalue weighted by Crippen LogP contribution is -2.51. The molecular formula is C26H30ClFN4O. The first-order valence-corrected chi connectivity index (χ1v) is 12.1. The summed E-state index contributed by atoms with van der Waals surface area (Å²) in [6.45, 7) is 5.38. The van der Waals surface area contributed by atoms with Gasteiger partial charge in [0, 0.05) is 67.8 Å². The molecule has 2 aliphatic rings. The van der Waals surface area contributed by atoms with E-state index in [2.05, 4.69) is 28.8 Å². The lowest BCUT2D eigenvalue weighted by atomic mass is 9.94. The van der Waals surface area contributed by atoms with Crippen molar-refractivity contribution in [1.29, 1.82) is 0 Å². The van der Waals surface area contributed by atoms with E-state index in [0.29, 0.717) is 31.9 Å². The quantitative estimate of drug-likeness (QED) is 0.563. The number of aryl methyl sites for hydroxylation is 1. The average Bonchev–Trinajstić information content (AvgIpc) is 3.13. The molecule has 0 spiro atoms. The summed E-state index contributed by atoms with van der Waals surface area (Å²) in [5, 5.41) is 1.96. The number of hydrogen-bond donors (Lipinski definition) is 0. The number of fused-ring (bicyclic) bond motifs is 1. The minimum Gasteiger partial charge on any atom is -0.366 e. The van der Waals surface area contributed by atoms with Crippen molar-refractivity contribution in [3.63, 3.8) is 0 Å². The summed E-state index contributed by atoms with van der Waals surface area (Å²) < 4.78 is 16.2. The SMILES string of the molecule is Cn1cc(CN2CCC(C(=O)N3CCN(c4ccccc4F)CC3)CC2)c2cc(Cl)ccc21. The third-order valence-corrected chi connectivity index (χ3v) is 7.38. The highest BCUT2D eigenvalue weighted by Crippen LogP contribution is 2.28. The van der Waals surface area contributed by atoms with Crippen LogP contribution >= 0.6 is 11.6 Å². The van der Waals surface area contributed by atoms with Crippen molar-refractivity contribution in [2.24, 2.45) is 13.0 Å². The van der Waals surface area contributed by atoms with Crippen molar-refractivity contribution < 1.29 is 9.18 Å². The van der Waals surface area contributed by atoms with Gasteiger partial charge in [0.1, 0.15) is 5.82 Å². The molecular weight excluding hydrogens is 439 g/mol. The van der Waals surface area contributed by atoms with Gasteiger partial charge in [-0.3, -0.25) is 9.69 Å². The van der Waals surface area contributed by atoms with Crippen molar-refractivity contribution in [2.45, 2.75) is 19.4 Å². The Morgan fingerprint density at radius 3 is 2.48 bits per heavy atom. The molecule has 2 aliphatic heterocycles. The van der Waals surface area contributed by atoms with Crippen LogP contribution < -0.4 is 4.90 Å². The third kappa shape index (κ3) is 4.59. The number of halogens is 2. The first-order valence-electron chi connectivity index (χ1n) is 11.7. The molecule has 0 bridgehead atoms. The van der Waals surface area contributed by atoms with Crippen molar-refractivity contribution in [2.75, 3.05) is 44.2 Å².